The minimum Gasteiger partial charge on any atom is -0.454 e. The monoisotopic (exact) mass is 337 g/mol. The number of aryl methyl sites for hydroxylation is 1. The summed E-state index contributed by atoms with van der Waals surface area (Å²) in [6.45, 7) is 2.05. The van der Waals surface area contributed by atoms with Crippen LogP contribution in [-0.4, -0.2) is 23.9 Å². The molecule has 0 unspecified atom stereocenters. The smallest absolute Gasteiger partial charge is 0.246 e. The van der Waals surface area contributed by atoms with E-state index < -0.39 is 0 Å². The van der Waals surface area contributed by atoms with Crippen LogP contribution in [0.2, 0.25) is 5.02 Å². The highest BCUT2D eigenvalue weighted by Gasteiger charge is 2.17. The lowest BCUT2D eigenvalue weighted by atomic mass is 10.2. The molecule has 0 spiro atoms. The minimum atomic E-state index is -0.228. The maximum Gasteiger partial charge on any atom is 0.246 e. The molecular formula is C14H12ClN3O3S. The van der Waals surface area contributed by atoms with Crippen LogP contribution in [0.25, 0.3) is 0 Å². The molecule has 2 aromatic rings. The van der Waals surface area contributed by atoms with Crippen LogP contribution in [0.4, 0.5) is 0 Å². The molecule has 0 atom stereocenters. The molecule has 0 saturated heterocycles. The highest BCUT2D eigenvalue weighted by atomic mass is 35.5. The largest absolute Gasteiger partial charge is 0.454 e. The van der Waals surface area contributed by atoms with Crippen molar-refractivity contribution in [3.8, 4) is 11.5 Å². The van der Waals surface area contributed by atoms with Gasteiger partial charge in [0.15, 0.2) is 11.5 Å². The zero-order valence-corrected chi connectivity index (χ0v) is 13.2. The maximum absolute atomic E-state index is 11.7. The van der Waals surface area contributed by atoms with Crippen molar-refractivity contribution in [1.82, 2.24) is 10.4 Å². The Morgan fingerprint density at radius 2 is 2.41 bits per heavy atom. The van der Waals surface area contributed by atoms with Gasteiger partial charge in [-0.3, -0.25) is 4.79 Å². The standard InChI is InChI=1S/C14H12ClN3O3S/c1-8-17-10(6-22-8)4-13(19)18-16-5-9-2-11(15)14-12(3-9)20-7-21-14/h2-3,5-6H,4,7H2,1H3,(H,18,19)/b16-5-. The fourth-order valence-corrected chi connectivity index (χ4v) is 2.82. The molecular weight excluding hydrogens is 326 g/mol. The zero-order valence-electron chi connectivity index (χ0n) is 11.6. The van der Waals surface area contributed by atoms with Crippen molar-refractivity contribution in [3.63, 3.8) is 0 Å². The number of nitrogens with one attached hydrogen (secondary N) is 1. The van der Waals surface area contributed by atoms with Gasteiger partial charge in [-0.2, -0.15) is 5.10 Å². The second kappa shape index (κ2) is 6.33. The van der Waals surface area contributed by atoms with Crippen molar-refractivity contribution < 1.29 is 14.3 Å². The molecule has 0 radical (unpaired) electrons. The second-order valence-electron chi connectivity index (χ2n) is 4.56. The first-order valence-electron chi connectivity index (χ1n) is 6.44. The number of carbonyl (C=O) groups is 1. The van der Waals surface area contributed by atoms with Crippen molar-refractivity contribution in [2.24, 2.45) is 5.10 Å². The molecule has 114 valence electrons. The Labute approximate surface area is 135 Å². The molecule has 1 aromatic carbocycles. The molecule has 1 aliphatic heterocycles. The van der Waals surface area contributed by atoms with E-state index in [9.17, 15) is 4.79 Å². The fourth-order valence-electron chi connectivity index (χ4n) is 1.93. The molecule has 1 N–H and O–H groups in total. The molecule has 6 nitrogen and oxygen atoms in total. The number of hydrogen-bond acceptors (Lipinski definition) is 6. The van der Waals surface area contributed by atoms with E-state index in [0.717, 1.165) is 10.7 Å². The first-order chi connectivity index (χ1) is 10.6. The summed E-state index contributed by atoms with van der Waals surface area (Å²) in [6.07, 6.45) is 1.70. The zero-order chi connectivity index (χ0) is 15.5. The van der Waals surface area contributed by atoms with Gasteiger partial charge in [0, 0.05) is 5.38 Å². The number of hydrazone groups is 1. The van der Waals surface area contributed by atoms with Crippen LogP contribution in [-0.2, 0) is 11.2 Å². The van der Waals surface area contributed by atoms with Crippen LogP contribution in [0, 0.1) is 6.92 Å². The number of halogens is 1. The fraction of sp³-hybridized carbons (Fsp3) is 0.214. The van der Waals surface area contributed by atoms with E-state index in [1.807, 2.05) is 12.3 Å². The number of benzene rings is 1. The van der Waals surface area contributed by atoms with Gasteiger partial charge in [-0.25, -0.2) is 10.4 Å². The van der Waals surface area contributed by atoms with Crippen LogP contribution in [0.3, 0.4) is 0 Å². The van der Waals surface area contributed by atoms with E-state index in [1.54, 1.807) is 12.1 Å². The number of amides is 1. The quantitative estimate of drug-likeness (QED) is 0.687. The summed E-state index contributed by atoms with van der Waals surface area (Å²) in [5, 5.41) is 7.14. The number of aromatic nitrogens is 1. The first kappa shape index (κ1) is 14.8. The number of carbonyl (C=O) groups excluding carboxylic acids is 1. The maximum atomic E-state index is 11.7. The van der Waals surface area contributed by atoms with Gasteiger partial charge in [0.2, 0.25) is 12.7 Å². The molecule has 8 heteroatoms. The summed E-state index contributed by atoms with van der Waals surface area (Å²) in [5.41, 5.74) is 3.90. The number of hydrogen-bond donors (Lipinski definition) is 1. The normalized spacial score (nSPS) is 12.8. The highest BCUT2D eigenvalue weighted by molar-refractivity contribution is 7.09. The molecule has 3 rings (SSSR count). The van der Waals surface area contributed by atoms with Crippen LogP contribution < -0.4 is 14.9 Å². The van der Waals surface area contributed by atoms with Gasteiger partial charge in [-0.15, -0.1) is 11.3 Å². The molecule has 1 aromatic heterocycles. The van der Waals surface area contributed by atoms with Crippen LogP contribution in [0.15, 0.2) is 22.6 Å². The van der Waals surface area contributed by atoms with Gasteiger partial charge in [-0.1, -0.05) is 11.6 Å². The van der Waals surface area contributed by atoms with Crippen molar-refractivity contribution in [3.05, 3.63) is 38.8 Å². The molecule has 0 saturated carbocycles. The summed E-state index contributed by atoms with van der Waals surface area (Å²) in [5.74, 6) is 0.869. The molecule has 0 bridgehead atoms. The molecule has 1 aliphatic rings. The van der Waals surface area contributed by atoms with Crippen LogP contribution in [0.1, 0.15) is 16.3 Å². The second-order valence-corrected chi connectivity index (χ2v) is 6.03. The molecule has 0 fully saturated rings. The average Bonchev–Trinajstić information content (AvgIpc) is 3.08. The Kier molecular flexibility index (Phi) is 4.26. The van der Waals surface area contributed by atoms with Gasteiger partial charge in [-0.05, 0) is 24.6 Å². The summed E-state index contributed by atoms with van der Waals surface area (Å²) in [6, 6.07) is 3.43. The van der Waals surface area contributed by atoms with Crippen molar-refractivity contribution in [1.29, 1.82) is 0 Å². The predicted molar refractivity (Wildman–Crippen MR) is 83.9 cm³/mol. The van der Waals surface area contributed by atoms with Gasteiger partial charge in [0.05, 0.1) is 28.4 Å². The van der Waals surface area contributed by atoms with Crippen molar-refractivity contribution in [2.45, 2.75) is 13.3 Å². The van der Waals surface area contributed by atoms with Crippen LogP contribution >= 0.6 is 22.9 Å². The number of fused-ring (bicyclic) bond motifs is 1. The topological polar surface area (TPSA) is 72.8 Å². The Morgan fingerprint density at radius 3 is 3.18 bits per heavy atom. The molecule has 1 amide bonds. The number of ether oxygens (including phenoxy) is 2. The van der Waals surface area contributed by atoms with Gasteiger partial charge in [0.1, 0.15) is 0 Å². The third-order valence-corrected chi connectivity index (χ3v) is 3.96. The Hall–Kier alpha value is -2.12. The predicted octanol–water partition coefficient (Wildman–Crippen LogP) is 2.53. The number of nitrogens with zero attached hydrogens (tertiary/aromatic N) is 2. The number of rotatable bonds is 4. The lowest BCUT2D eigenvalue weighted by Crippen LogP contribution is -2.19. The van der Waals surface area contributed by atoms with Gasteiger partial charge < -0.3 is 9.47 Å². The summed E-state index contributed by atoms with van der Waals surface area (Å²) < 4.78 is 10.5. The summed E-state index contributed by atoms with van der Waals surface area (Å²) in [7, 11) is 0. The lowest BCUT2D eigenvalue weighted by Gasteiger charge is -2.01. The van der Waals surface area contributed by atoms with E-state index in [4.69, 9.17) is 21.1 Å². The Balaban J connectivity index is 1.60. The van der Waals surface area contributed by atoms with E-state index in [0.29, 0.717) is 22.1 Å². The van der Waals surface area contributed by atoms with Crippen molar-refractivity contribution in [2.75, 3.05) is 6.79 Å². The summed E-state index contributed by atoms with van der Waals surface area (Å²) >= 11 is 7.57. The van der Waals surface area contributed by atoms with E-state index in [2.05, 4.69) is 15.5 Å². The minimum absolute atomic E-state index is 0.152. The van der Waals surface area contributed by atoms with Gasteiger partial charge >= 0.3 is 0 Å². The molecule has 2 heterocycles. The SMILES string of the molecule is Cc1nc(CC(=O)N/N=C\c2cc(Cl)c3c(c2)OCO3)cs1. The highest BCUT2D eigenvalue weighted by Crippen LogP contribution is 2.39. The van der Waals surface area contributed by atoms with E-state index in [-0.39, 0.29) is 19.1 Å². The van der Waals surface area contributed by atoms with Gasteiger partial charge in [0.25, 0.3) is 0 Å². The third kappa shape index (κ3) is 3.37. The molecule has 22 heavy (non-hydrogen) atoms. The van der Waals surface area contributed by atoms with Crippen LogP contribution in [0.5, 0.6) is 11.5 Å². The molecule has 0 aliphatic carbocycles. The number of thiazole rings is 1. The van der Waals surface area contributed by atoms with E-state index >= 15 is 0 Å². The lowest BCUT2D eigenvalue weighted by molar-refractivity contribution is -0.120. The van der Waals surface area contributed by atoms with Crippen molar-refractivity contribution >= 4 is 35.1 Å². The summed E-state index contributed by atoms with van der Waals surface area (Å²) in [4.78, 5) is 16.0. The van der Waals surface area contributed by atoms with E-state index in [1.165, 1.54) is 17.6 Å². The Morgan fingerprint density at radius 1 is 1.55 bits per heavy atom. The average molecular weight is 338 g/mol. The third-order valence-electron chi connectivity index (χ3n) is 2.86. The Bertz CT molecular complexity index is 745. The first-order valence-corrected chi connectivity index (χ1v) is 7.69.